The van der Waals surface area contributed by atoms with Crippen molar-refractivity contribution in [2.45, 2.75) is 45.1 Å². The topological polar surface area (TPSA) is 121 Å². The standard InChI is InChI=1S/C22H27N5O3/c1-2-6-18(30-17-8-5-7-15(13-17)21(23)24)22(29)26-16-10-11-19(25-14-16)27-12-4-3-9-20(27)28/h5,7-8,10-11,13-14,18H,2-4,6,9,12H2,1H3,(H3,23,24)(H,26,29). The van der Waals surface area contributed by atoms with E-state index >= 15 is 0 Å². The molecule has 0 spiro atoms. The van der Waals surface area contributed by atoms with Crippen LogP contribution in [0.4, 0.5) is 11.5 Å². The van der Waals surface area contributed by atoms with E-state index in [0.717, 1.165) is 19.3 Å². The van der Waals surface area contributed by atoms with Crippen molar-refractivity contribution in [1.29, 1.82) is 5.41 Å². The van der Waals surface area contributed by atoms with Gasteiger partial charge in [0.2, 0.25) is 5.91 Å². The van der Waals surface area contributed by atoms with Crippen LogP contribution in [-0.2, 0) is 9.59 Å². The number of rotatable bonds is 8. The normalized spacial score (nSPS) is 14.8. The molecule has 0 radical (unpaired) electrons. The fourth-order valence-corrected chi connectivity index (χ4v) is 3.30. The lowest BCUT2D eigenvalue weighted by atomic mass is 10.1. The zero-order valence-electron chi connectivity index (χ0n) is 17.1. The van der Waals surface area contributed by atoms with Crippen LogP contribution < -0.4 is 20.7 Å². The first-order chi connectivity index (χ1) is 14.5. The van der Waals surface area contributed by atoms with E-state index in [4.69, 9.17) is 15.9 Å². The lowest BCUT2D eigenvalue weighted by Crippen LogP contribution is -2.36. The van der Waals surface area contributed by atoms with E-state index in [1.54, 1.807) is 47.5 Å². The SMILES string of the molecule is CCCC(Oc1cccc(C(=N)N)c1)C(=O)Nc1ccc(N2CCCCC2=O)nc1. The number of pyridine rings is 1. The van der Waals surface area contributed by atoms with Crippen LogP contribution >= 0.6 is 0 Å². The van der Waals surface area contributed by atoms with Crippen LogP contribution in [0.1, 0.15) is 44.6 Å². The fraction of sp³-hybridized carbons (Fsp3) is 0.364. The van der Waals surface area contributed by atoms with Gasteiger partial charge in [0.1, 0.15) is 17.4 Å². The first-order valence-electron chi connectivity index (χ1n) is 10.2. The average molecular weight is 409 g/mol. The molecule has 8 heteroatoms. The van der Waals surface area contributed by atoms with Gasteiger partial charge in [0, 0.05) is 18.5 Å². The van der Waals surface area contributed by atoms with Crippen LogP contribution in [0.3, 0.4) is 0 Å². The van der Waals surface area contributed by atoms with Gasteiger partial charge in [-0.05, 0) is 43.5 Å². The quantitative estimate of drug-likeness (QED) is 0.457. The Hall–Kier alpha value is -3.42. The summed E-state index contributed by atoms with van der Waals surface area (Å²) in [6.07, 6.45) is 4.57. The minimum atomic E-state index is -0.694. The smallest absolute Gasteiger partial charge is 0.265 e. The Labute approximate surface area is 175 Å². The molecule has 0 aliphatic carbocycles. The molecule has 1 aliphatic rings. The van der Waals surface area contributed by atoms with Crippen molar-refractivity contribution in [3.8, 4) is 5.75 Å². The Balaban J connectivity index is 1.66. The van der Waals surface area contributed by atoms with Crippen LogP contribution in [0.2, 0.25) is 0 Å². The monoisotopic (exact) mass is 409 g/mol. The minimum absolute atomic E-state index is 0.0599. The molecule has 2 heterocycles. The Morgan fingerprint density at radius 2 is 2.17 bits per heavy atom. The molecular weight excluding hydrogens is 382 g/mol. The number of nitrogens with one attached hydrogen (secondary N) is 2. The van der Waals surface area contributed by atoms with Gasteiger partial charge >= 0.3 is 0 Å². The van der Waals surface area contributed by atoms with E-state index in [-0.39, 0.29) is 17.6 Å². The maximum absolute atomic E-state index is 12.8. The van der Waals surface area contributed by atoms with E-state index in [1.165, 1.54) is 0 Å². The predicted octanol–water partition coefficient (Wildman–Crippen LogP) is 3.07. The molecule has 8 nitrogen and oxygen atoms in total. The van der Waals surface area contributed by atoms with Crippen LogP contribution in [-0.4, -0.2) is 35.3 Å². The molecule has 2 aromatic rings. The zero-order valence-corrected chi connectivity index (χ0v) is 17.1. The van der Waals surface area contributed by atoms with Crippen molar-refractivity contribution in [3.05, 3.63) is 48.2 Å². The highest BCUT2D eigenvalue weighted by Gasteiger charge is 2.22. The van der Waals surface area contributed by atoms with Crippen molar-refractivity contribution in [2.24, 2.45) is 5.73 Å². The molecular formula is C22H27N5O3. The average Bonchev–Trinajstić information content (AvgIpc) is 2.74. The summed E-state index contributed by atoms with van der Waals surface area (Å²) >= 11 is 0. The summed E-state index contributed by atoms with van der Waals surface area (Å²) in [6, 6.07) is 10.3. The van der Waals surface area contributed by atoms with Crippen LogP contribution in [0.15, 0.2) is 42.6 Å². The molecule has 1 fully saturated rings. The first kappa shape index (κ1) is 21.3. The highest BCUT2D eigenvalue weighted by Crippen LogP contribution is 2.21. The number of aromatic nitrogens is 1. The van der Waals surface area contributed by atoms with Crippen LogP contribution in [0, 0.1) is 5.41 Å². The summed E-state index contributed by atoms with van der Waals surface area (Å²) in [7, 11) is 0. The van der Waals surface area contributed by atoms with Crippen LogP contribution in [0.25, 0.3) is 0 Å². The van der Waals surface area contributed by atoms with Crippen molar-refractivity contribution in [1.82, 2.24) is 4.98 Å². The lowest BCUT2D eigenvalue weighted by molar-refractivity contribution is -0.123. The third-order valence-electron chi connectivity index (χ3n) is 4.88. The predicted molar refractivity (Wildman–Crippen MR) is 116 cm³/mol. The molecule has 0 bridgehead atoms. The van der Waals surface area contributed by atoms with Gasteiger partial charge in [0.15, 0.2) is 6.10 Å². The van der Waals surface area contributed by atoms with E-state index in [1.807, 2.05) is 6.92 Å². The van der Waals surface area contributed by atoms with Gasteiger partial charge in [-0.1, -0.05) is 25.5 Å². The van der Waals surface area contributed by atoms with Gasteiger partial charge in [-0.3, -0.25) is 19.9 Å². The van der Waals surface area contributed by atoms with E-state index in [9.17, 15) is 9.59 Å². The summed E-state index contributed by atoms with van der Waals surface area (Å²) in [4.78, 5) is 30.8. The number of carbonyl (C=O) groups excluding carboxylic acids is 2. The minimum Gasteiger partial charge on any atom is -0.481 e. The molecule has 1 atom stereocenters. The largest absolute Gasteiger partial charge is 0.481 e. The highest BCUT2D eigenvalue weighted by atomic mass is 16.5. The summed E-state index contributed by atoms with van der Waals surface area (Å²) < 4.78 is 5.88. The number of nitrogens with two attached hydrogens (primary N) is 1. The number of nitrogen functional groups attached to an aromatic ring is 1. The van der Waals surface area contributed by atoms with Gasteiger partial charge < -0.3 is 15.8 Å². The summed E-state index contributed by atoms with van der Waals surface area (Å²) in [6.45, 7) is 2.64. The fourth-order valence-electron chi connectivity index (χ4n) is 3.30. The van der Waals surface area contributed by atoms with Gasteiger partial charge in [0.25, 0.3) is 5.91 Å². The molecule has 0 saturated carbocycles. The van der Waals surface area contributed by atoms with Crippen molar-refractivity contribution < 1.29 is 14.3 Å². The summed E-state index contributed by atoms with van der Waals surface area (Å²) in [5.74, 6) is 0.812. The molecule has 1 aliphatic heterocycles. The van der Waals surface area contributed by atoms with Crippen molar-refractivity contribution in [3.63, 3.8) is 0 Å². The first-order valence-corrected chi connectivity index (χ1v) is 10.2. The number of amidine groups is 1. The van der Waals surface area contributed by atoms with E-state index in [0.29, 0.717) is 42.2 Å². The second-order valence-electron chi connectivity index (χ2n) is 7.23. The van der Waals surface area contributed by atoms with Crippen LogP contribution in [0.5, 0.6) is 5.75 Å². The number of benzene rings is 1. The molecule has 30 heavy (non-hydrogen) atoms. The molecule has 1 unspecified atom stereocenters. The number of carbonyl (C=O) groups is 2. The van der Waals surface area contributed by atoms with Crippen molar-refractivity contribution in [2.75, 3.05) is 16.8 Å². The number of ether oxygens (including phenoxy) is 1. The second-order valence-corrected chi connectivity index (χ2v) is 7.23. The second kappa shape index (κ2) is 9.87. The molecule has 4 N–H and O–H groups in total. The lowest BCUT2D eigenvalue weighted by Gasteiger charge is -2.25. The third-order valence-corrected chi connectivity index (χ3v) is 4.88. The van der Waals surface area contributed by atoms with Gasteiger partial charge in [-0.2, -0.15) is 0 Å². The molecule has 3 rings (SSSR count). The molecule has 1 aromatic carbocycles. The molecule has 158 valence electrons. The number of anilines is 2. The Morgan fingerprint density at radius 3 is 2.83 bits per heavy atom. The molecule has 2 amide bonds. The van der Waals surface area contributed by atoms with E-state index < -0.39 is 6.10 Å². The highest BCUT2D eigenvalue weighted by molar-refractivity contribution is 5.96. The molecule has 1 aromatic heterocycles. The maximum Gasteiger partial charge on any atom is 0.265 e. The Bertz CT molecular complexity index is 913. The summed E-state index contributed by atoms with van der Waals surface area (Å²) in [5.41, 5.74) is 6.60. The van der Waals surface area contributed by atoms with E-state index in [2.05, 4.69) is 10.3 Å². The number of piperidine rings is 1. The zero-order chi connectivity index (χ0) is 21.5. The third kappa shape index (κ3) is 5.34. The number of amides is 2. The van der Waals surface area contributed by atoms with Gasteiger partial charge in [0.05, 0.1) is 11.9 Å². The maximum atomic E-state index is 12.8. The summed E-state index contributed by atoms with van der Waals surface area (Å²) in [5, 5.41) is 10.4. The number of nitrogens with zero attached hydrogens (tertiary/aromatic N) is 2. The Kier molecular flexibility index (Phi) is 7.00. The number of hydrogen-bond acceptors (Lipinski definition) is 5. The van der Waals surface area contributed by atoms with Crippen molar-refractivity contribution >= 4 is 29.2 Å². The Morgan fingerprint density at radius 1 is 1.33 bits per heavy atom. The van der Waals surface area contributed by atoms with Gasteiger partial charge in [-0.15, -0.1) is 0 Å². The molecule has 1 saturated heterocycles. The number of hydrogen-bond donors (Lipinski definition) is 3. The van der Waals surface area contributed by atoms with Gasteiger partial charge in [-0.25, -0.2) is 4.98 Å².